The molecular formula is C20H14FN3O2. The Balaban J connectivity index is 1.78. The molecule has 5 nitrogen and oxygen atoms in total. The lowest BCUT2D eigenvalue weighted by molar-refractivity contribution is 0.103. The van der Waals surface area contributed by atoms with E-state index in [9.17, 15) is 9.18 Å². The van der Waals surface area contributed by atoms with Gasteiger partial charge >= 0.3 is 0 Å². The van der Waals surface area contributed by atoms with E-state index in [4.69, 9.17) is 4.74 Å². The van der Waals surface area contributed by atoms with E-state index in [0.717, 1.165) is 11.3 Å². The summed E-state index contributed by atoms with van der Waals surface area (Å²) in [6.45, 7) is 0. The predicted molar refractivity (Wildman–Crippen MR) is 94.8 cm³/mol. The number of benzene rings is 2. The Hall–Kier alpha value is -3.54. The van der Waals surface area contributed by atoms with Gasteiger partial charge in [0.25, 0.3) is 0 Å². The van der Waals surface area contributed by atoms with Gasteiger partial charge in [0.15, 0.2) is 5.65 Å². The first-order chi connectivity index (χ1) is 12.7. The molecule has 0 saturated heterocycles. The molecule has 2 aromatic heterocycles. The monoisotopic (exact) mass is 347 g/mol. The normalized spacial score (nSPS) is 10.8. The van der Waals surface area contributed by atoms with Crippen molar-refractivity contribution in [1.82, 2.24) is 14.6 Å². The quantitative estimate of drug-likeness (QED) is 0.527. The number of nitrogens with zero attached hydrogens (tertiary/aromatic N) is 3. The van der Waals surface area contributed by atoms with Crippen LogP contribution in [-0.2, 0) is 0 Å². The van der Waals surface area contributed by atoms with Gasteiger partial charge in [-0.2, -0.15) is 5.10 Å². The number of hydrogen-bond donors (Lipinski definition) is 0. The molecule has 0 atom stereocenters. The van der Waals surface area contributed by atoms with E-state index < -0.39 is 5.82 Å². The highest BCUT2D eigenvalue weighted by atomic mass is 19.1. The highest BCUT2D eigenvalue weighted by molar-refractivity contribution is 6.08. The van der Waals surface area contributed by atoms with Crippen LogP contribution in [0.1, 0.15) is 16.1 Å². The second-order valence-corrected chi connectivity index (χ2v) is 5.70. The van der Waals surface area contributed by atoms with Crippen LogP contribution in [0.3, 0.4) is 0 Å². The molecule has 0 amide bonds. The van der Waals surface area contributed by atoms with Gasteiger partial charge in [-0.1, -0.05) is 12.1 Å². The molecule has 0 bridgehead atoms. The number of ketones is 1. The molecule has 0 fully saturated rings. The molecule has 0 unspecified atom stereocenters. The van der Waals surface area contributed by atoms with Crippen LogP contribution in [0.2, 0.25) is 0 Å². The predicted octanol–water partition coefficient (Wildman–Crippen LogP) is 3.78. The van der Waals surface area contributed by atoms with Crippen LogP contribution in [-0.4, -0.2) is 27.5 Å². The van der Waals surface area contributed by atoms with Gasteiger partial charge in [0.2, 0.25) is 5.78 Å². The van der Waals surface area contributed by atoms with Gasteiger partial charge in [-0.15, -0.1) is 0 Å². The summed E-state index contributed by atoms with van der Waals surface area (Å²) in [7, 11) is 1.61. The smallest absolute Gasteiger partial charge is 0.213 e. The Kier molecular flexibility index (Phi) is 3.93. The van der Waals surface area contributed by atoms with Crippen molar-refractivity contribution in [3.8, 4) is 17.0 Å². The fourth-order valence-corrected chi connectivity index (χ4v) is 2.72. The van der Waals surface area contributed by atoms with Crippen molar-refractivity contribution >= 4 is 11.4 Å². The van der Waals surface area contributed by atoms with Crippen molar-refractivity contribution in [2.45, 2.75) is 0 Å². The zero-order chi connectivity index (χ0) is 18.1. The number of carbonyl (C=O) groups is 1. The average molecular weight is 347 g/mol. The average Bonchev–Trinajstić information content (AvgIpc) is 3.10. The van der Waals surface area contributed by atoms with Crippen molar-refractivity contribution in [3.05, 3.63) is 83.9 Å². The van der Waals surface area contributed by atoms with Gasteiger partial charge in [0.05, 0.1) is 19.0 Å². The van der Waals surface area contributed by atoms with Crippen molar-refractivity contribution in [2.75, 3.05) is 7.11 Å². The fraction of sp³-hybridized carbons (Fsp3) is 0.0500. The number of fused-ring (bicyclic) bond motifs is 1. The van der Waals surface area contributed by atoms with Crippen molar-refractivity contribution in [1.29, 1.82) is 0 Å². The second-order valence-electron chi connectivity index (χ2n) is 5.70. The lowest BCUT2D eigenvalue weighted by Gasteiger charge is -2.05. The number of methoxy groups -OCH3 is 1. The minimum absolute atomic E-state index is 0.253. The van der Waals surface area contributed by atoms with Gasteiger partial charge in [-0.25, -0.2) is 13.9 Å². The first-order valence-electron chi connectivity index (χ1n) is 7.95. The van der Waals surface area contributed by atoms with Gasteiger partial charge in [0.1, 0.15) is 17.3 Å². The van der Waals surface area contributed by atoms with E-state index >= 15 is 0 Å². The Morgan fingerprint density at radius 1 is 1.08 bits per heavy atom. The summed E-state index contributed by atoms with van der Waals surface area (Å²) in [6, 6.07) is 16.6. The van der Waals surface area contributed by atoms with Crippen molar-refractivity contribution < 1.29 is 13.9 Å². The van der Waals surface area contributed by atoms with Crippen LogP contribution < -0.4 is 4.74 Å². The summed E-state index contributed by atoms with van der Waals surface area (Å²) in [6.07, 6.45) is 1.45. The van der Waals surface area contributed by atoms with E-state index in [-0.39, 0.29) is 17.0 Å². The van der Waals surface area contributed by atoms with E-state index in [0.29, 0.717) is 11.3 Å². The summed E-state index contributed by atoms with van der Waals surface area (Å²) in [5.41, 5.74) is 2.64. The second kappa shape index (κ2) is 6.40. The maximum Gasteiger partial charge on any atom is 0.213 e. The lowest BCUT2D eigenvalue weighted by atomic mass is 10.1. The Morgan fingerprint density at radius 3 is 2.62 bits per heavy atom. The number of halogens is 1. The highest BCUT2D eigenvalue weighted by Crippen LogP contribution is 2.21. The van der Waals surface area contributed by atoms with Gasteiger partial charge in [-0.05, 0) is 48.5 Å². The summed E-state index contributed by atoms with van der Waals surface area (Å²) < 4.78 is 20.1. The largest absolute Gasteiger partial charge is 0.497 e. The minimum atomic E-state index is -0.462. The SMILES string of the molecule is COc1ccc(-c2ccc3ncc(C(=O)c4cccc(F)c4)n3n2)cc1. The van der Waals surface area contributed by atoms with Crippen LogP contribution in [0, 0.1) is 5.82 Å². The molecule has 0 N–H and O–H groups in total. The molecule has 0 aliphatic rings. The maximum absolute atomic E-state index is 13.4. The summed E-state index contributed by atoms with van der Waals surface area (Å²) >= 11 is 0. The Bertz CT molecular complexity index is 1100. The summed E-state index contributed by atoms with van der Waals surface area (Å²) in [5, 5.41) is 4.53. The first kappa shape index (κ1) is 16.0. The molecule has 26 heavy (non-hydrogen) atoms. The fourth-order valence-electron chi connectivity index (χ4n) is 2.72. The van der Waals surface area contributed by atoms with Gasteiger partial charge < -0.3 is 4.74 Å². The molecule has 0 radical (unpaired) electrons. The zero-order valence-corrected chi connectivity index (χ0v) is 13.9. The third-order valence-corrected chi connectivity index (χ3v) is 4.07. The molecule has 2 aromatic carbocycles. The molecule has 128 valence electrons. The summed E-state index contributed by atoms with van der Waals surface area (Å²) in [5.74, 6) is -0.0487. The number of ether oxygens (including phenoxy) is 1. The van der Waals surface area contributed by atoms with Crippen LogP contribution in [0.4, 0.5) is 4.39 Å². The molecule has 4 aromatic rings. The molecule has 2 heterocycles. The molecule has 4 rings (SSSR count). The third-order valence-electron chi connectivity index (χ3n) is 4.07. The number of imidazole rings is 1. The topological polar surface area (TPSA) is 56.5 Å². The zero-order valence-electron chi connectivity index (χ0n) is 13.9. The molecule has 0 saturated carbocycles. The van der Waals surface area contributed by atoms with Crippen molar-refractivity contribution in [2.24, 2.45) is 0 Å². The third kappa shape index (κ3) is 2.82. The van der Waals surface area contributed by atoms with Crippen molar-refractivity contribution in [3.63, 3.8) is 0 Å². The van der Waals surface area contributed by atoms with E-state index in [1.165, 1.54) is 28.9 Å². The molecule has 0 aliphatic carbocycles. The number of aromatic nitrogens is 3. The van der Waals surface area contributed by atoms with E-state index in [1.807, 2.05) is 30.3 Å². The molecule has 6 heteroatoms. The molecule has 0 aliphatic heterocycles. The van der Waals surface area contributed by atoms with E-state index in [1.54, 1.807) is 19.2 Å². The van der Waals surface area contributed by atoms with Gasteiger partial charge in [-0.3, -0.25) is 4.79 Å². The van der Waals surface area contributed by atoms with Gasteiger partial charge in [0, 0.05) is 11.1 Å². The van der Waals surface area contributed by atoms with Crippen LogP contribution in [0.15, 0.2) is 66.9 Å². The number of hydrogen-bond acceptors (Lipinski definition) is 4. The molecule has 0 spiro atoms. The summed E-state index contributed by atoms with van der Waals surface area (Å²) in [4.78, 5) is 16.9. The Labute approximate surface area is 148 Å². The van der Waals surface area contributed by atoms with Crippen LogP contribution in [0.25, 0.3) is 16.9 Å². The number of rotatable bonds is 4. The number of carbonyl (C=O) groups excluding carboxylic acids is 1. The molecular weight excluding hydrogens is 333 g/mol. The highest BCUT2D eigenvalue weighted by Gasteiger charge is 2.16. The minimum Gasteiger partial charge on any atom is -0.497 e. The van der Waals surface area contributed by atoms with Crippen LogP contribution >= 0.6 is 0 Å². The first-order valence-corrected chi connectivity index (χ1v) is 7.95. The lowest BCUT2D eigenvalue weighted by Crippen LogP contribution is -2.08. The maximum atomic E-state index is 13.4. The Morgan fingerprint density at radius 2 is 1.88 bits per heavy atom. The van der Waals surface area contributed by atoms with Crippen LogP contribution in [0.5, 0.6) is 5.75 Å². The van der Waals surface area contributed by atoms with E-state index in [2.05, 4.69) is 10.1 Å². The standard InChI is InChI=1S/C20H14FN3O2/c1-26-16-7-5-13(6-8-16)17-9-10-19-22-12-18(24(19)23-17)20(25)14-3-2-4-15(21)11-14/h2-12H,1H3.